The molecule has 6 heteroatoms. The average Bonchev–Trinajstić information content (AvgIpc) is 3.31. The predicted molar refractivity (Wildman–Crippen MR) is 92.3 cm³/mol. The summed E-state index contributed by atoms with van der Waals surface area (Å²) in [5.74, 6) is 0.547. The molecule has 0 spiro atoms. The van der Waals surface area contributed by atoms with Crippen molar-refractivity contribution in [3.05, 3.63) is 68.1 Å². The summed E-state index contributed by atoms with van der Waals surface area (Å²) in [6, 6.07) is 16.7. The standard InChI is InChI=1S/C18H19N.Li.H2NO2S/c1-3-18(4-2)13-15(18)17-12-8-11-16(19-17)14-9-6-5-7-10-14;;1-4(2)3/h5-12,15H,1-4,13H2;;(H2,1,2,3)/q-2;+1;-1. The fraction of sp³-hybridized carbons (Fsp3) is 0.278. The number of hydrogen-bond donors (Lipinski definition) is 1. The molecule has 24 heavy (non-hydrogen) atoms. The largest absolute Gasteiger partial charge is 1.00 e. The predicted octanol–water partition coefficient (Wildman–Crippen LogP) is 0.844. The van der Waals surface area contributed by atoms with Crippen LogP contribution >= 0.6 is 0 Å². The molecule has 0 aliphatic heterocycles. The van der Waals surface area contributed by atoms with Crippen LogP contribution in [0.3, 0.4) is 0 Å². The number of rotatable bonds is 4. The Morgan fingerprint density at radius 3 is 2.17 bits per heavy atom. The number of nitrogens with zero attached hydrogens (tertiary/aromatic N) is 1. The minimum Gasteiger partial charge on any atom is -0.409 e. The Balaban J connectivity index is 0.000000522. The molecular formula is C18H21LiN2O2S-2. The van der Waals surface area contributed by atoms with Crippen LogP contribution in [0.25, 0.3) is 11.3 Å². The molecule has 3 rings (SSSR count). The molecule has 2 N–H and O–H groups in total. The van der Waals surface area contributed by atoms with E-state index in [2.05, 4.69) is 61.5 Å². The minimum atomic E-state index is -2.36. The van der Waals surface area contributed by atoms with Crippen molar-refractivity contribution in [1.82, 2.24) is 4.98 Å². The number of pyridine rings is 1. The van der Waals surface area contributed by atoms with Crippen molar-refractivity contribution in [3.8, 4) is 11.3 Å². The molecular weight excluding hydrogens is 315 g/mol. The second-order valence-corrected chi connectivity index (χ2v) is 6.21. The smallest absolute Gasteiger partial charge is 0.409 e. The van der Waals surface area contributed by atoms with E-state index in [1.165, 1.54) is 17.7 Å². The van der Waals surface area contributed by atoms with E-state index in [9.17, 15) is 0 Å². The van der Waals surface area contributed by atoms with Crippen LogP contribution in [0.2, 0.25) is 0 Å². The molecule has 1 fully saturated rings. The fourth-order valence-electron chi connectivity index (χ4n) is 2.86. The van der Waals surface area contributed by atoms with Gasteiger partial charge in [0.25, 0.3) is 0 Å². The molecule has 1 saturated carbocycles. The number of hydrogen-bond acceptors (Lipinski definition) is 4. The van der Waals surface area contributed by atoms with Crippen molar-refractivity contribution in [1.29, 1.82) is 0 Å². The Kier molecular flexibility index (Phi) is 8.18. The topological polar surface area (TPSA) is 73.1 Å². The zero-order chi connectivity index (χ0) is 16.9. The second-order valence-electron chi connectivity index (χ2n) is 5.69. The van der Waals surface area contributed by atoms with Gasteiger partial charge in [0, 0.05) is 17.2 Å². The van der Waals surface area contributed by atoms with E-state index in [0.29, 0.717) is 11.3 Å². The summed E-state index contributed by atoms with van der Waals surface area (Å²) in [7, 11) is -2.36. The Hall–Kier alpha value is -1.12. The third kappa shape index (κ3) is 5.19. The number of benzene rings is 1. The Bertz CT molecular complexity index is 708. The first-order valence-corrected chi connectivity index (χ1v) is 8.61. The fourth-order valence-corrected chi connectivity index (χ4v) is 2.86. The summed E-state index contributed by atoms with van der Waals surface area (Å²) in [5.41, 5.74) is 3.75. The summed E-state index contributed by atoms with van der Waals surface area (Å²) in [4.78, 5) is 4.84. The van der Waals surface area contributed by atoms with E-state index in [-0.39, 0.29) is 18.9 Å². The SMILES string of the molecule is N[S-](=O)=O.[CH2-]CC1(C[CH2-])CC1c1cccc(-c2ccccc2)n1.[Li+]. The molecule has 1 atom stereocenters. The van der Waals surface area contributed by atoms with Crippen LogP contribution in [0, 0.1) is 19.3 Å². The van der Waals surface area contributed by atoms with Gasteiger partial charge in [-0.15, -0.1) is 0 Å². The minimum absolute atomic E-state index is 0. The average molecular weight is 336 g/mol. The summed E-state index contributed by atoms with van der Waals surface area (Å²) in [6.45, 7) is 8.16. The number of aromatic nitrogens is 1. The molecule has 1 heterocycles. The summed E-state index contributed by atoms with van der Waals surface area (Å²) in [6.07, 6.45) is 3.10. The van der Waals surface area contributed by atoms with Crippen LogP contribution in [0.15, 0.2) is 48.5 Å². The van der Waals surface area contributed by atoms with Gasteiger partial charge in [0.15, 0.2) is 0 Å². The molecule has 1 unspecified atom stereocenters. The molecule has 2 aromatic rings. The van der Waals surface area contributed by atoms with E-state index in [0.717, 1.165) is 18.5 Å². The summed E-state index contributed by atoms with van der Waals surface area (Å²) in [5, 5.41) is 4.03. The van der Waals surface area contributed by atoms with Crippen LogP contribution in [0.5, 0.6) is 0 Å². The van der Waals surface area contributed by atoms with Gasteiger partial charge in [-0.2, -0.15) is 12.8 Å². The van der Waals surface area contributed by atoms with Crippen molar-refractivity contribution >= 4 is 10.9 Å². The van der Waals surface area contributed by atoms with Crippen molar-refractivity contribution in [2.75, 3.05) is 0 Å². The number of nitrogens with two attached hydrogens (primary N) is 1. The van der Waals surface area contributed by atoms with Gasteiger partial charge < -0.3 is 27.4 Å². The van der Waals surface area contributed by atoms with Gasteiger partial charge in [-0.05, 0) is 29.4 Å². The first kappa shape index (κ1) is 20.9. The van der Waals surface area contributed by atoms with E-state index < -0.39 is 10.9 Å². The molecule has 124 valence electrons. The van der Waals surface area contributed by atoms with Crippen LogP contribution in [-0.4, -0.2) is 4.98 Å². The van der Waals surface area contributed by atoms with Crippen LogP contribution in [0.1, 0.15) is 30.9 Å². The maximum Gasteiger partial charge on any atom is 1.00 e. The molecule has 1 aliphatic carbocycles. The van der Waals surface area contributed by atoms with Gasteiger partial charge in [-0.3, -0.25) is 4.98 Å². The van der Waals surface area contributed by atoms with Gasteiger partial charge >= 0.3 is 18.9 Å². The van der Waals surface area contributed by atoms with E-state index in [1.807, 2.05) is 6.07 Å². The van der Waals surface area contributed by atoms with Gasteiger partial charge in [-0.1, -0.05) is 41.8 Å². The van der Waals surface area contributed by atoms with Crippen LogP contribution < -0.4 is 24.0 Å². The molecule has 0 bridgehead atoms. The monoisotopic (exact) mass is 336 g/mol. The molecule has 0 saturated heterocycles. The summed E-state index contributed by atoms with van der Waals surface area (Å²) < 4.78 is 17.6. The molecule has 0 radical (unpaired) electrons. The maximum absolute atomic E-state index is 8.78. The van der Waals surface area contributed by atoms with Crippen molar-refractivity contribution in [2.24, 2.45) is 10.6 Å². The van der Waals surface area contributed by atoms with Gasteiger partial charge in [0.1, 0.15) is 0 Å². The third-order valence-electron chi connectivity index (χ3n) is 4.38. The van der Waals surface area contributed by atoms with Crippen molar-refractivity contribution in [3.63, 3.8) is 0 Å². The van der Waals surface area contributed by atoms with Gasteiger partial charge in [0.05, 0.1) is 5.69 Å². The quantitative estimate of drug-likeness (QED) is 0.511. The van der Waals surface area contributed by atoms with E-state index in [1.54, 1.807) is 0 Å². The molecule has 1 aromatic carbocycles. The van der Waals surface area contributed by atoms with Crippen molar-refractivity contribution in [2.45, 2.75) is 25.2 Å². The Morgan fingerprint density at radius 2 is 1.67 bits per heavy atom. The second kappa shape index (κ2) is 9.38. The normalized spacial score (nSPS) is 17.4. The van der Waals surface area contributed by atoms with Crippen LogP contribution in [-0.2, 0) is 19.3 Å². The Labute approximate surface area is 158 Å². The van der Waals surface area contributed by atoms with Crippen LogP contribution in [0.4, 0.5) is 0 Å². The molecule has 4 nitrogen and oxygen atoms in total. The maximum atomic E-state index is 8.78. The Morgan fingerprint density at radius 1 is 1.08 bits per heavy atom. The van der Waals surface area contributed by atoms with Gasteiger partial charge in [-0.25, -0.2) is 0 Å². The van der Waals surface area contributed by atoms with E-state index >= 15 is 0 Å². The van der Waals surface area contributed by atoms with Crippen molar-refractivity contribution < 1.29 is 27.3 Å². The molecule has 0 amide bonds. The molecule has 1 aromatic heterocycles. The first-order chi connectivity index (χ1) is 11.0. The van der Waals surface area contributed by atoms with E-state index in [4.69, 9.17) is 13.4 Å². The van der Waals surface area contributed by atoms with Gasteiger partial charge in [0.2, 0.25) is 0 Å². The zero-order valence-electron chi connectivity index (χ0n) is 14.0. The first-order valence-electron chi connectivity index (χ1n) is 7.47. The molecule has 1 aliphatic rings. The zero-order valence-corrected chi connectivity index (χ0v) is 14.8. The summed E-state index contributed by atoms with van der Waals surface area (Å²) >= 11 is 0. The third-order valence-corrected chi connectivity index (χ3v) is 4.38.